The summed E-state index contributed by atoms with van der Waals surface area (Å²) in [7, 11) is 0. The number of amides is 1. The van der Waals surface area contributed by atoms with Gasteiger partial charge in [0.25, 0.3) is 0 Å². The number of piperidine rings is 1. The molecule has 0 aliphatic carbocycles. The molecule has 160 valence electrons. The van der Waals surface area contributed by atoms with Crippen molar-refractivity contribution in [2.75, 3.05) is 32.7 Å². The minimum Gasteiger partial charge on any atom is -0.354 e. The van der Waals surface area contributed by atoms with Crippen molar-refractivity contribution in [3.05, 3.63) is 35.4 Å². The van der Waals surface area contributed by atoms with Crippen LogP contribution in [0.15, 0.2) is 24.3 Å². The van der Waals surface area contributed by atoms with Gasteiger partial charge in [0.2, 0.25) is 5.91 Å². The fourth-order valence-electron chi connectivity index (χ4n) is 4.41. The van der Waals surface area contributed by atoms with E-state index in [4.69, 9.17) is 0 Å². The summed E-state index contributed by atoms with van der Waals surface area (Å²) in [5.41, 5.74) is 2.61. The van der Waals surface area contributed by atoms with E-state index in [0.717, 1.165) is 32.7 Å². The van der Waals surface area contributed by atoms with Crippen LogP contribution in [0.5, 0.6) is 0 Å². The lowest BCUT2D eigenvalue weighted by Gasteiger charge is -2.30. The van der Waals surface area contributed by atoms with Crippen LogP contribution in [0.3, 0.4) is 0 Å². The van der Waals surface area contributed by atoms with Crippen molar-refractivity contribution in [2.45, 2.75) is 52.0 Å². The molecule has 2 aliphatic heterocycles. The Balaban J connectivity index is 0.00000196. The Kier molecular flexibility index (Phi) is 11.4. The van der Waals surface area contributed by atoms with Gasteiger partial charge in [-0.2, -0.15) is 0 Å². The molecule has 2 heterocycles. The van der Waals surface area contributed by atoms with Crippen molar-refractivity contribution < 1.29 is 4.79 Å². The smallest absolute Gasteiger partial charge is 0.220 e. The van der Waals surface area contributed by atoms with Gasteiger partial charge in [0, 0.05) is 13.0 Å². The summed E-state index contributed by atoms with van der Waals surface area (Å²) >= 11 is 0. The van der Waals surface area contributed by atoms with Crippen molar-refractivity contribution in [1.29, 1.82) is 0 Å². The number of likely N-dealkylation sites (tertiary alicyclic amines) is 1. The van der Waals surface area contributed by atoms with Crippen molar-refractivity contribution in [1.82, 2.24) is 15.5 Å². The van der Waals surface area contributed by atoms with E-state index in [1.807, 2.05) is 0 Å². The molecule has 0 radical (unpaired) electrons. The highest BCUT2D eigenvalue weighted by molar-refractivity contribution is 5.85. The molecule has 3 unspecified atom stereocenters. The molecule has 0 spiro atoms. The molecule has 0 aromatic heterocycles. The van der Waals surface area contributed by atoms with Crippen molar-refractivity contribution in [2.24, 2.45) is 11.8 Å². The van der Waals surface area contributed by atoms with Crippen LogP contribution in [0.25, 0.3) is 0 Å². The Bertz CT molecular complexity index is 570. The van der Waals surface area contributed by atoms with Gasteiger partial charge < -0.3 is 10.6 Å². The molecule has 2 fully saturated rings. The normalized spacial score (nSPS) is 21.9. The standard InChI is InChI=1S/C22H35N3O.2ClH/c1-17-7-9-19(10-8-17)21(25-12-3-4-13-25)16-24-22(26)14-18(2)20-6-5-11-23-15-20;;/h7-10,18,20-21,23H,3-6,11-16H2,1-2H3,(H,24,26);2*1H. The van der Waals surface area contributed by atoms with E-state index in [-0.39, 0.29) is 30.7 Å². The largest absolute Gasteiger partial charge is 0.354 e. The third-order valence-corrected chi connectivity index (χ3v) is 6.18. The molecule has 6 heteroatoms. The monoisotopic (exact) mass is 429 g/mol. The number of halogens is 2. The second-order valence-corrected chi connectivity index (χ2v) is 8.26. The highest BCUT2D eigenvalue weighted by atomic mass is 35.5. The van der Waals surface area contributed by atoms with Crippen LogP contribution in [-0.2, 0) is 4.79 Å². The number of nitrogens with zero attached hydrogens (tertiary/aromatic N) is 1. The van der Waals surface area contributed by atoms with Gasteiger partial charge in [-0.25, -0.2) is 0 Å². The third-order valence-electron chi connectivity index (χ3n) is 6.18. The summed E-state index contributed by atoms with van der Waals surface area (Å²) in [6, 6.07) is 9.10. The zero-order valence-corrected chi connectivity index (χ0v) is 18.9. The van der Waals surface area contributed by atoms with Gasteiger partial charge in [0.15, 0.2) is 0 Å². The lowest BCUT2D eigenvalue weighted by molar-refractivity contribution is -0.122. The number of benzene rings is 1. The van der Waals surface area contributed by atoms with Crippen LogP contribution >= 0.6 is 24.8 Å². The van der Waals surface area contributed by atoms with Crippen molar-refractivity contribution in [3.8, 4) is 0 Å². The predicted molar refractivity (Wildman–Crippen MR) is 122 cm³/mol. The Labute approximate surface area is 183 Å². The van der Waals surface area contributed by atoms with Crippen molar-refractivity contribution >= 4 is 30.7 Å². The van der Waals surface area contributed by atoms with Gasteiger partial charge in [-0.1, -0.05) is 36.8 Å². The number of aryl methyl sites for hydroxylation is 1. The summed E-state index contributed by atoms with van der Waals surface area (Å²) in [6.07, 6.45) is 5.67. The molecule has 2 aliphatic rings. The average Bonchev–Trinajstić information content (AvgIpc) is 3.18. The Hall–Kier alpha value is -0.810. The molecule has 1 aromatic carbocycles. The van der Waals surface area contributed by atoms with E-state index >= 15 is 0 Å². The van der Waals surface area contributed by atoms with E-state index in [1.165, 1.54) is 36.8 Å². The van der Waals surface area contributed by atoms with Gasteiger partial charge in [0.05, 0.1) is 6.04 Å². The summed E-state index contributed by atoms with van der Waals surface area (Å²) in [5.74, 6) is 1.30. The van der Waals surface area contributed by atoms with Crippen LogP contribution in [0.1, 0.15) is 56.2 Å². The first kappa shape index (κ1) is 25.2. The molecule has 28 heavy (non-hydrogen) atoms. The quantitative estimate of drug-likeness (QED) is 0.684. The molecule has 3 atom stereocenters. The summed E-state index contributed by atoms with van der Waals surface area (Å²) in [5, 5.41) is 6.71. The molecule has 0 bridgehead atoms. The van der Waals surface area contributed by atoms with Crippen LogP contribution in [0.2, 0.25) is 0 Å². The minimum atomic E-state index is 0. The molecule has 0 saturated carbocycles. The fraction of sp³-hybridized carbons (Fsp3) is 0.682. The lowest BCUT2D eigenvalue weighted by atomic mass is 9.85. The maximum absolute atomic E-state index is 12.6. The number of nitrogens with one attached hydrogen (secondary N) is 2. The molecule has 4 nitrogen and oxygen atoms in total. The fourth-order valence-corrected chi connectivity index (χ4v) is 4.41. The second-order valence-electron chi connectivity index (χ2n) is 8.26. The zero-order chi connectivity index (χ0) is 18.4. The highest BCUT2D eigenvalue weighted by Gasteiger charge is 2.25. The van der Waals surface area contributed by atoms with Gasteiger partial charge in [-0.3, -0.25) is 9.69 Å². The average molecular weight is 430 g/mol. The van der Waals surface area contributed by atoms with Crippen molar-refractivity contribution in [3.63, 3.8) is 0 Å². The number of hydrogen-bond acceptors (Lipinski definition) is 3. The Morgan fingerprint density at radius 2 is 1.86 bits per heavy atom. The van der Waals surface area contributed by atoms with E-state index in [2.05, 4.69) is 53.6 Å². The Morgan fingerprint density at radius 1 is 1.18 bits per heavy atom. The molecule has 2 saturated heterocycles. The second kappa shape index (κ2) is 12.7. The van der Waals surface area contributed by atoms with Crippen LogP contribution in [0.4, 0.5) is 0 Å². The van der Waals surface area contributed by atoms with E-state index < -0.39 is 0 Å². The SMILES string of the molecule is Cc1ccc(C(CNC(=O)CC(C)C2CCCNC2)N2CCCC2)cc1.Cl.Cl. The van der Waals surface area contributed by atoms with Gasteiger partial charge in [-0.05, 0) is 76.2 Å². The number of rotatable bonds is 7. The number of hydrogen-bond donors (Lipinski definition) is 2. The first-order valence-corrected chi connectivity index (χ1v) is 10.4. The lowest BCUT2D eigenvalue weighted by Crippen LogP contribution is -2.39. The molecular weight excluding hydrogens is 393 g/mol. The molecular formula is C22H37Cl2N3O. The van der Waals surface area contributed by atoms with Gasteiger partial charge in [-0.15, -0.1) is 24.8 Å². The molecule has 3 rings (SSSR count). The van der Waals surface area contributed by atoms with E-state index in [0.29, 0.717) is 24.3 Å². The molecule has 1 aromatic rings. The van der Waals surface area contributed by atoms with Crippen LogP contribution in [-0.4, -0.2) is 43.5 Å². The van der Waals surface area contributed by atoms with E-state index in [9.17, 15) is 4.79 Å². The maximum Gasteiger partial charge on any atom is 0.220 e. The highest BCUT2D eigenvalue weighted by Crippen LogP contribution is 2.26. The third kappa shape index (κ3) is 7.22. The van der Waals surface area contributed by atoms with Gasteiger partial charge in [0.1, 0.15) is 0 Å². The minimum absolute atomic E-state index is 0. The topological polar surface area (TPSA) is 44.4 Å². The summed E-state index contributed by atoms with van der Waals surface area (Å²) in [6.45, 7) is 9.54. The summed E-state index contributed by atoms with van der Waals surface area (Å²) in [4.78, 5) is 15.1. The Morgan fingerprint density at radius 3 is 2.46 bits per heavy atom. The first-order valence-electron chi connectivity index (χ1n) is 10.4. The molecule has 2 N–H and O–H groups in total. The van der Waals surface area contributed by atoms with Gasteiger partial charge >= 0.3 is 0 Å². The maximum atomic E-state index is 12.6. The number of carbonyl (C=O) groups excluding carboxylic acids is 1. The predicted octanol–water partition coefficient (Wildman–Crippen LogP) is 4.12. The van der Waals surface area contributed by atoms with Crippen LogP contribution < -0.4 is 10.6 Å². The first-order chi connectivity index (χ1) is 12.6. The van der Waals surface area contributed by atoms with Crippen LogP contribution in [0, 0.1) is 18.8 Å². The summed E-state index contributed by atoms with van der Waals surface area (Å²) < 4.78 is 0. The molecule has 1 amide bonds. The number of carbonyl (C=O) groups is 1. The van der Waals surface area contributed by atoms with E-state index in [1.54, 1.807) is 0 Å². The zero-order valence-electron chi connectivity index (χ0n) is 17.3.